The predicted octanol–water partition coefficient (Wildman–Crippen LogP) is 2.77. The van der Waals surface area contributed by atoms with E-state index in [-0.39, 0.29) is 5.91 Å². The topological polar surface area (TPSA) is 53.3 Å². The first-order chi connectivity index (χ1) is 10.2. The normalized spacial score (nSPS) is 12.2. The summed E-state index contributed by atoms with van der Waals surface area (Å²) < 4.78 is 5.45. The number of nitriles is 1. The quantitative estimate of drug-likeness (QED) is 0.848. The Bertz CT molecular complexity index is 747. The zero-order valence-corrected chi connectivity index (χ0v) is 11.7. The van der Waals surface area contributed by atoms with Crippen LogP contribution in [-0.4, -0.2) is 19.6 Å². The molecule has 3 rings (SSSR count). The van der Waals surface area contributed by atoms with E-state index in [4.69, 9.17) is 10.00 Å². The highest BCUT2D eigenvalue weighted by Gasteiger charge is 2.19. The van der Waals surface area contributed by atoms with Crippen LogP contribution in [0, 0.1) is 11.3 Å². The number of amides is 1. The summed E-state index contributed by atoms with van der Waals surface area (Å²) in [5.41, 5.74) is 2.76. The number of nitrogens with zero attached hydrogens (tertiary/aromatic N) is 2. The average molecular weight is 278 g/mol. The van der Waals surface area contributed by atoms with Crippen LogP contribution in [0.2, 0.25) is 0 Å². The molecule has 0 aliphatic carbocycles. The van der Waals surface area contributed by atoms with Crippen molar-refractivity contribution in [1.29, 1.82) is 5.26 Å². The summed E-state index contributed by atoms with van der Waals surface area (Å²) in [6, 6.07) is 14.7. The SMILES string of the molecule is CN(C(=O)c1ccc2c(c1)CCO2)c1ccccc1C#N. The lowest BCUT2D eigenvalue weighted by molar-refractivity contribution is 0.0993. The molecular formula is C17H14N2O2. The van der Waals surface area contributed by atoms with Crippen molar-refractivity contribution in [2.75, 3.05) is 18.6 Å². The maximum atomic E-state index is 12.6. The van der Waals surface area contributed by atoms with E-state index in [1.807, 2.05) is 18.2 Å². The molecule has 1 amide bonds. The van der Waals surface area contributed by atoms with Gasteiger partial charge >= 0.3 is 0 Å². The minimum absolute atomic E-state index is 0.132. The second-order valence-electron chi connectivity index (χ2n) is 4.91. The van der Waals surface area contributed by atoms with E-state index < -0.39 is 0 Å². The summed E-state index contributed by atoms with van der Waals surface area (Å²) >= 11 is 0. The molecule has 2 aromatic carbocycles. The number of carbonyl (C=O) groups excluding carboxylic acids is 1. The first-order valence-electron chi connectivity index (χ1n) is 6.73. The lowest BCUT2D eigenvalue weighted by atomic mass is 10.1. The van der Waals surface area contributed by atoms with E-state index >= 15 is 0 Å². The summed E-state index contributed by atoms with van der Waals surface area (Å²) in [6.45, 7) is 0.667. The Morgan fingerprint density at radius 1 is 1.29 bits per heavy atom. The van der Waals surface area contributed by atoms with E-state index in [2.05, 4.69) is 6.07 Å². The Morgan fingerprint density at radius 2 is 2.10 bits per heavy atom. The fourth-order valence-corrected chi connectivity index (χ4v) is 2.48. The molecular weight excluding hydrogens is 264 g/mol. The number of fused-ring (bicyclic) bond motifs is 1. The predicted molar refractivity (Wildman–Crippen MR) is 79.5 cm³/mol. The monoisotopic (exact) mass is 278 g/mol. The van der Waals surface area contributed by atoms with Crippen LogP contribution < -0.4 is 9.64 Å². The van der Waals surface area contributed by atoms with Gasteiger partial charge in [-0.15, -0.1) is 0 Å². The molecule has 2 aromatic rings. The molecule has 21 heavy (non-hydrogen) atoms. The number of rotatable bonds is 2. The minimum Gasteiger partial charge on any atom is -0.493 e. The molecule has 0 unspecified atom stereocenters. The molecule has 0 bridgehead atoms. The van der Waals surface area contributed by atoms with Gasteiger partial charge in [-0.05, 0) is 35.9 Å². The van der Waals surface area contributed by atoms with E-state index in [0.717, 1.165) is 17.7 Å². The van der Waals surface area contributed by atoms with Gasteiger partial charge in [0.15, 0.2) is 0 Å². The third kappa shape index (κ3) is 2.34. The highest BCUT2D eigenvalue weighted by Crippen LogP contribution is 2.27. The number of anilines is 1. The molecule has 0 spiro atoms. The summed E-state index contributed by atoms with van der Waals surface area (Å²) in [6.07, 6.45) is 0.828. The Balaban J connectivity index is 1.93. The van der Waals surface area contributed by atoms with Crippen LogP contribution in [-0.2, 0) is 6.42 Å². The zero-order chi connectivity index (χ0) is 14.8. The van der Waals surface area contributed by atoms with Crippen molar-refractivity contribution in [1.82, 2.24) is 0 Å². The number of para-hydroxylation sites is 1. The Labute approximate surface area is 123 Å². The third-order valence-corrected chi connectivity index (χ3v) is 3.63. The van der Waals surface area contributed by atoms with Crippen LogP contribution in [0.4, 0.5) is 5.69 Å². The number of carbonyl (C=O) groups is 1. The maximum Gasteiger partial charge on any atom is 0.258 e. The Morgan fingerprint density at radius 3 is 2.90 bits per heavy atom. The van der Waals surface area contributed by atoms with Gasteiger partial charge in [0.05, 0.1) is 17.9 Å². The van der Waals surface area contributed by atoms with Gasteiger partial charge < -0.3 is 9.64 Å². The van der Waals surface area contributed by atoms with Gasteiger partial charge in [-0.25, -0.2) is 0 Å². The van der Waals surface area contributed by atoms with E-state index in [9.17, 15) is 4.79 Å². The van der Waals surface area contributed by atoms with Crippen molar-refractivity contribution >= 4 is 11.6 Å². The smallest absolute Gasteiger partial charge is 0.258 e. The molecule has 4 nitrogen and oxygen atoms in total. The van der Waals surface area contributed by atoms with Crippen LogP contribution >= 0.6 is 0 Å². The van der Waals surface area contributed by atoms with E-state index in [0.29, 0.717) is 23.4 Å². The molecule has 0 saturated heterocycles. The number of ether oxygens (including phenoxy) is 1. The maximum absolute atomic E-state index is 12.6. The van der Waals surface area contributed by atoms with Gasteiger partial charge in [-0.1, -0.05) is 12.1 Å². The number of hydrogen-bond acceptors (Lipinski definition) is 3. The Kier molecular flexibility index (Phi) is 3.33. The first kappa shape index (κ1) is 13.2. The van der Waals surface area contributed by atoms with Crippen molar-refractivity contribution in [3.63, 3.8) is 0 Å². The highest BCUT2D eigenvalue weighted by atomic mass is 16.5. The summed E-state index contributed by atoms with van der Waals surface area (Å²) in [4.78, 5) is 14.1. The molecule has 4 heteroatoms. The standard InChI is InChI=1S/C17H14N2O2/c1-19(15-5-3-2-4-14(15)11-18)17(20)13-6-7-16-12(10-13)8-9-21-16/h2-7,10H,8-9H2,1H3. The minimum atomic E-state index is -0.132. The molecule has 0 radical (unpaired) electrons. The van der Waals surface area contributed by atoms with Crippen molar-refractivity contribution in [2.24, 2.45) is 0 Å². The van der Waals surface area contributed by atoms with Gasteiger partial charge in [-0.3, -0.25) is 4.79 Å². The largest absolute Gasteiger partial charge is 0.493 e. The van der Waals surface area contributed by atoms with Crippen LogP contribution in [0.15, 0.2) is 42.5 Å². The average Bonchev–Trinajstić information content (AvgIpc) is 3.00. The van der Waals surface area contributed by atoms with Gasteiger partial charge in [0.1, 0.15) is 11.8 Å². The van der Waals surface area contributed by atoms with Crippen molar-refractivity contribution < 1.29 is 9.53 Å². The summed E-state index contributed by atoms with van der Waals surface area (Å²) in [7, 11) is 1.68. The van der Waals surface area contributed by atoms with Crippen molar-refractivity contribution in [3.05, 3.63) is 59.2 Å². The molecule has 1 aliphatic rings. The van der Waals surface area contributed by atoms with Crippen LogP contribution in [0.1, 0.15) is 21.5 Å². The Hall–Kier alpha value is -2.80. The third-order valence-electron chi connectivity index (χ3n) is 3.63. The molecule has 1 heterocycles. The summed E-state index contributed by atoms with van der Waals surface area (Å²) in [5.74, 6) is 0.721. The molecule has 0 aromatic heterocycles. The van der Waals surface area contributed by atoms with Gasteiger partial charge in [0.2, 0.25) is 0 Å². The second kappa shape index (κ2) is 5.29. The lowest BCUT2D eigenvalue weighted by Crippen LogP contribution is -2.27. The fraction of sp³-hybridized carbons (Fsp3) is 0.176. The molecule has 0 atom stereocenters. The molecule has 0 saturated carbocycles. The van der Waals surface area contributed by atoms with Crippen LogP contribution in [0.25, 0.3) is 0 Å². The van der Waals surface area contributed by atoms with Crippen LogP contribution in [0.5, 0.6) is 5.75 Å². The molecule has 0 fully saturated rings. The van der Waals surface area contributed by atoms with Crippen molar-refractivity contribution in [2.45, 2.75) is 6.42 Å². The highest BCUT2D eigenvalue weighted by molar-refractivity contribution is 6.06. The number of hydrogen-bond donors (Lipinski definition) is 0. The molecule has 104 valence electrons. The van der Waals surface area contributed by atoms with Gasteiger partial charge in [0.25, 0.3) is 5.91 Å². The van der Waals surface area contributed by atoms with Gasteiger partial charge in [0, 0.05) is 19.0 Å². The molecule has 1 aliphatic heterocycles. The van der Waals surface area contributed by atoms with Crippen LogP contribution in [0.3, 0.4) is 0 Å². The van der Waals surface area contributed by atoms with Gasteiger partial charge in [-0.2, -0.15) is 5.26 Å². The van der Waals surface area contributed by atoms with E-state index in [1.165, 1.54) is 4.90 Å². The molecule has 0 N–H and O–H groups in total. The van der Waals surface area contributed by atoms with Crippen molar-refractivity contribution in [3.8, 4) is 11.8 Å². The lowest BCUT2D eigenvalue weighted by Gasteiger charge is -2.18. The second-order valence-corrected chi connectivity index (χ2v) is 4.91. The van der Waals surface area contributed by atoms with E-state index in [1.54, 1.807) is 31.3 Å². The summed E-state index contributed by atoms with van der Waals surface area (Å²) in [5, 5.41) is 9.14. The fourth-order valence-electron chi connectivity index (χ4n) is 2.48. The zero-order valence-electron chi connectivity index (χ0n) is 11.7. The first-order valence-corrected chi connectivity index (χ1v) is 6.73. The number of benzene rings is 2.